The largest absolute Gasteiger partial charge is 0.491 e. The van der Waals surface area contributed by atoms with Crippen LogP contribution in [0, 0.1) is 0 Å². The van der Waals surface area contributed by atoms with E-state index < -0.39 is 8.69 Å². The van der Waals surface area contributed by atoms with E-state index in [1.807, 2.05) is 17.8 Å². The van der Waals surface area contributed by atoms with Crippen molar-refractivity contribution in [2.45, 2.75) is 19.4 Å². The van der Waals surface area contributed by atoms with Crippen LogP contribution >= 0.6 is 20.4 Å². The first-order valence-electron chi connectivity index (χ1n) is 3.99. The summed E-state index contributed by atoms with van der Waals surface area (Å²) >= 11 is 1.87. The highest BCUT2D eigenvalue weighted by Crippen LogP contribution is 2.07. The molecule has 0 aromatic heterocycles. The zero-order valence-corrected chi connectivity index (χ0v) is 9.97. The summed E-state index contributed by atoms with van der Waals surface area (Å²) in [5.74, 6) is 2.11. The molecule has 0 aromatic rings. The molecule has 78 valence electrons. The maximum atomic E-state index is 8.51. The molecule has 0 saturated heterocycles. The summed E-state index contributed by atoms with van der Waals surface area (Å²) in [7, 11) is 0.600. The minimum Gasteiger partial charge on any atom is -0.381 e. The highest BCUT2D eigenvalue weighted by Gasteiger charge is 2.01. The van der Waals surface area contributed by atoms with Crippen LogP contribution in [0.1, 0.15) is 13.3 Å². The summed E-state index contributed by atoms with van der Waals surface area (Å²) in [6, 6.07) is 0. The Hall–Kier alpha value is 0.110. The Labute approximate surface area is 85.8 Å². The predicted molar refractivity (Wildman–Crippen MR) is 59.8 cm³/mol. The van der Waals surface area contributed by atoms with E-state index in [0.717, 1.165) is 17.9 Å². The van der Waals surface area contributed by atoms with Crippen molar-refractivity contribution >= 4 is 20.4 Å². The van der Waals surface area contributed by atoms with Gasteiger partial charge >= 0.3 is 8.69 Å². The molecule has 1 unspecified atom stereocenters. The second-order valence-corrected chi connectivity index (χ2v) is 3.44. The molecule has 0 aliphatic rings. The lowest BCUT2D eigenvalue weighted by Crippen LogP contribution is -2.11. The van der Waals surface area contributed by atoms with Crippen LogP contribution < -0.4 is 0 Å². The Morgan fingerprint density at radius 1 is 1.77 bits per heavy atom. The summed E-state index contributed by atoms with van der Waals surface area (Å²) in [4.78, 5) is 7.04. The van der Waals surface area contributed by atoms with Gasteiger partial charge in [0.15, 0.2) is 0 Å². The van der Waals surface area contributed by atoms with Gasteiger partial charge in [-0.15, -0.1) is 6.58 Å². The van der Waals surface area contributed by atoms with Gasteiger partial charge in [-0.3, -0.25) is 0 Å². The molecule has 0 rings (SSSR count). The van der Waals surface area contributed by atoms with Crippen molar-refractivity contribution in [1.82, 2.24) is 0 Å². The number of thioether (sulfide) groups is 1. The number of rotatable bonds is 6. The van der Waals surface area contributed by atoms with Crippen molar-refractivity contribution in [2.24, 2.45) is 0 Å². The van der Waals surface area contributed by atoms with E-state index in [1.165, 1.54) is 0 Å². The van der Waals surface area contributed by atoms with Gasteiger partial charge in [-0.05, 0) is 11.0 Å². The van der Waals surface area contributed by atoms with E-state index in [1.54, 1.807) is 7.11 Å². The molecular weight excluding hydrogens is 207 g/mol. The Balaban J connectivity index is 0. The fourth-order valence-electron chi connectivity index (χ4n) is 0.635. The lowest BCUT2D eigenvalue weighted by molar-refractivity contribution is 0.119. The Bertz CT molecular complexity index is 118. The van der Waals surface area contributed by atoms with Crippen molar-refractivity contribution < 1.29 is 14.2 Å². The normalized spacial score (nSPS) is 11.6. The van der Waals surface area contributed by atoms with Crippen molar-refractivity contribution in [3.05, 3.63) is 12.7 Å². The average Bonchev–Trinajstić information content (AvgIpc) is 2.14. The van der Waals surface area contributed by atoms with Crippen LogP contribution in [0.25, 0.3) is 0 Å². The zero-order chi connectivity index (χ0) is 10.5. The van der Waals surface area contributed by atoms with Gasteiger partial charge in [-0.1, -0.05) is 13.0 Å². The van der Waals surface area contributed by atoms with Crippen molar-refractivity contribution in [3.63, 3.8) is 0 Å². The molecule has 0 aliphatic heterocycles. The van der Waals surface area contributed by atoms with Gasteiger partial charge in [0.05, 0.1) is 6.10 Å². The second kappa shape index (κ2) is 14.6. The maximum Gasteiger partial charge on any atom is 0.491 e. The fourth-order valence-corrected chi connectivity index (χ4v) is 1.57. The summed E-state index contributed by atoms with van der Waals surface area (Å²) in [6.45, 7) is 5.79. The summed E-state index contributed by atoms with van der Waals surface area (Å²) < 4.78 is 13.7. The fraction of sp³-hybridized carbons (Fsp3) is 0.750. The van der Waals surface area contributed by atoms with Gasteiger partial charge in [0, 0.05) is 18.6 Å². The van der Waals surface area contributed by atoms with Gasteiger partial charge in [-0.2, -0.15) is 16.7 Å². The van der Waals surface area contributed by atoms with Gasteiger partial charge in [-0.25, -0.2) is 0 Å². The highest BCUT2D eigenvalue weighted by molar-refractivity contribution is 7.99. The third kappa shape index (κ3) is 14.9. The third-order valence-electron chi connectivity index (χ3n) is 1.33. The smallest absolute Gasteiger partial charge is 0.381 e. The molecule has 0 aliphatic carbocycles. The topological polar surface area (TPSA) is 46.5 Å². The van der Waals surface area contributed by atoms with E-state index in [2.05, 4.69) is 13.5 Å². The minimum atomic E-state index is -1.17. The standard InChI is InChI=1S/C8H16OS.HO2P/c1-4-6-10-7-8(5-2)9-3;1-3-2/h4,8H,1,5-7H2,2-3H3;3H/p+1/t8-;/m1./s1. The SMILES string of the molecule is C=CCSC[C@@H](CC)OC.O=[PH+]O. The second-order valence-electron chi connectivity index (χ2n) is 2.18. The van der Waals surface area contributed by atoms with E-state index in [4.69, 9.17) is 14.2 Å². The van der Waals surface area contributed by atoms with Crippen molar-refractivity contribution in [1.29, 1.82) is 0 Å². The first-order valence-corrected chi connectivity index (χ1v) is 6.00. The molecule has 1 N–H and O–H groups in total. The van der Waals surface area contributed by atoms with Crippen LogP contribution in [0.15, 0.2) is 12.7 Å². The zero-order valence-electron chi connectivity index (χ0n) is 8.16. The van der Waals surface area contributed by atoms with Crippen LogP contribution in [0.5, 0.6) is 0 Å². The van der Waals surface area contributed by atoms with E-state index in [0.29, 0.717) is 6.10 Å². The van der Waals surface area contributed by atoms with E-state index in [9.17, 15) is 0 Å². The lowest BCUT2D eigenvalue weighted by atomic mass is 10.3. The van der Waals surface area contributed by atoms with Gasteiger partial charge in [0.2, 0.25) is 0 Å². The quantitative estimate of drug-likeness (QED) is 0.428. The number of methoxy groups -OCH3 is 1. The molecule has 5 heteroatoms. The average molecular weight is 225 g/mol. The third-order valence-corrected chi connectivity index (χ3v) is 2.41. The molecule has 0 spiro atoms. The molecule has 0 heterocycles. The molecule has 2 atom stereocenters. The number of hydrogen-bond donors (Lipinski definition) is 1. The molecule has 0 bridgehead atoms. The molecule has 0 radical (unpaired) electrons. The van der Waals surface area contributed by atoms with Crippen LogP contribution in [-0.4, -0.2) is 29.6 Å². The van der Waals surface area contributed by atoms with Crippen LogP contribution in [0.4, 0.5) is 0 Å². The first kappa shape index (κ1) is 15.6. The minimum absolute atomic E-state index is 0.421. The molecule has 13 heavy (non-hydrogen) atoms. The van der Waals surface area contributed by atoms with E-state index in [-0.39, 0.29) is 0 Å². The maximum absolute atomic E-state index is 8.51. The van der Waals surface area contributed by atoms with Crippen LogP contribution in [0.3, 0.4) is 0 Å². The molecule has 0 fully saturated rings. The predicted octanol–water partition coefficient (Wildman–Crippen LogP) is 2.25. The van der Waals surface area contributed by atoms with E-state index >= 15 is 0 Å². The summed E-state index contributed by atoms with van der Waals surface area (Å²) in [5.41, 5.74) is 0. The highest BCUT2D eigenvalue weighted by atomic mass is 32.2. The van der Waals surface area contributed by atoms with Crippen molar-refractivity contribution in [2.75, 3.05) is 18.6 Å². The van der Waals surface area contributed by atoms with Gasteiger partial charge in [0.1, 0.15) is 0 Å². The molecule has 3 nitrogen and oxygen atoms in total. The molecule has 0 aromatic carbocycles. The summed E-state index contributed by atoms with van der Waals surface area (Å²) in [5, 5.41) is 0. The first-order chi connectivity index (χ1) is 6.26. The Kier molecular flexibility index (Phi) is 17.5. The molecule has 0 saturated carbocycles. The van der Waals surface area contributed by atoms with Gasteiger partial charge in [0.25, 0.3) is 0 Å². The molecule has 0 amide bonds. The van der Waals surface area contributed by atoms with Crippen molar-refractivity contribution in [3.8, 4) is 0 Å². The molecular formula is C8H18O3PS+. The Morgan fingerprint density at radius 3 is 2.62 bits per heavy atom. The Morgan fingerprint density at radius 2 is 2.31 bits per heavy atom. The summed E-state index contributed by atoms with van der Waals surface area (Å²) in [6.07, 6.45) is 3.44. The number of hydrogen-bond acceptors (Lipinski definition) is 3. The van der Waals surface area contributed by atoms with Gasteiger partial charge < -0.3 is 4.74 Å². The lowest BCUT2D eigenvalue weighted by Gasteiger charge is -2.10. The monoisotopic (exact) mass is 225 g/mol. The van der Waals surface area contributed by atoms with Crippen LogP contribution in [-0.2, 0) is 9.30 Å². The van der Waals surface area contributed by atoms with Crippen LogP contribution in [0.2, 0.25) is 0 Å². The number of ether oxygens (including phenoxy) is 1.